The number of hydrogen-bond donors (Lipinski definition) is 1. The number of carboxylic acids is 1. The largest absolute Gasteiger partial charge is 0.477 e. The van der Waals surface area contributed by atoms with Gasteiger partial charge in [-0.25, -0.2) is 9.78 Å². The zero-order valence-corrected chi connectivity index (χ0v) is 11.4. The van der Waals surface area contributed by atoms with E-state index in [0.717, 1.165) is 4.47 Å². The first-order valence-corrected chi connectivity index (χ1v) is 6.01. The van der Waals surface area contributed by atoms with Crippen molar-refractivity contribution in [3.63, 3.8) is 0 Å². The van der Waals surface area contributed by atoms with Gasteiger partial charge in [0.05, 0.1) is 5.69 Å². The van der Waals surface area contributed by atoms with Crippen molar-refractivity contribution in [1.82, 2.24) is 9.38 Å². The lowest BCUT2D eigenvalue weighted by Gasteiger charge is -2.16. The molecular weight excluding hydrogens is 284 g/mol. The van der Waals surface area contributed by atoms with E-state index in [1.807, 2.05) is 26.8 Å². The molecule has 0 fully saturated rings. The van der Waals surface area contributed by atoms with Crippen LogP contribution in [0.25, 0.3) is 5.65 Å². The van der Waals surface area contributed by atoms with Crippen LogP contribution in [-0.4, -0.2) is 20.5 Å². The van der Waals surface area contributed by atoms with E-state index >= 15 is 0 Å². The first kappa shape index (κ1) is 12.1. The predicted molar refractivity (Wildman–Crippen MR) is 68.6 cm³/mol. The van der Waals surface area contributed by atoms with Crippen molar-refractivity contribution in [2.24, 2.45) is 0 Å². The summed E-state index contributed by atoms with van der Waals surface area (Å²) < 4.78 is 2.43. The topological polar surface area (TPSA) is 54.6 Å². The highest BCUT2D eigenvalue weighted by atomic mass is 79.9. The normalized spacial score (nSPS) is 12.0. The minimum atomic E-state index is -0.958. The molecule has 0 radical (unpaired) electrons. The van der Waals surface area contributed by atoms with Gasteiger partial charge in [-0.05, 0) is 28.1 Å². The quantitative estimate of drug-likeness (QED) is 0.880. The zero-order valence-electron chi connectivity index (χ0n) is 9.86. The van der Waals surface area contributed by atoms with Crippen LogP contribution >= 0.6 is 15.9 Å². The predicted octanol–water partition coefficient (Wildman–Crippen LogP) is 3.09. The minimum Gasteiger partial charge on any atom is -0.477 e. The number of fused-ring (bicyclic) bond motifs is 1. The van der Waals surface area contributed by atoms with Crippen molar-refractivity contribution in [3.05, 3.63) is 34.2 Å². The average molecular weight is 297 g/mol. The minimum absolute atomic E-state index is 0.230. The lowest BCUT2D eigenvalue weighted by molar-refractivity contribution is 0.0686. The molecule has 0 aliphatic heterocycles. The van der Waals surface area contributed by atoms with Gasteiger partial charge >= 0.3 is 5.97 Å². The van der Waals surface area contributed by atoms with Gasteiger partial charge in [0, 0.05) is 16.1 Å². The first-order chi connectivity index (χ1) is 7.80. The molecule has 2 rings (SSSR count). The summed E-state index contributed by atoms with van der Waals surface area (Å²) in [5.41, 5.74) is 1.18. The maximum atomic E-state index is 11.4. The second kappa shape index (κ2) is 3.84. The molecule has 17 heavy (non-hydrogen) atoms. The van der Waals surface area contributed by atoms with Crippen molar-refractivity contribution >= 4 is 27.5 Å². The molecule has 90 valence electrons. The SMILES string of the molecule is CC(C)(C)c1nc2ccc(Br)cn2c1C(=O)O. The number of carboxylic acid groups (broad SMARTS) is 1. The lowest BCUT2D eigenvalue weighted by Crippen LogP contribution is -2.17. The Labute approximate surface area is 107 Å². The summed E-state index contributed by atoms with van der Waals surface area (Å²) in [5.74, 6) is -0.958. The summed E-state index contributed by atoms with van der Waals surface area (Å²) in [5, 5.41) is 9.33. The van der Waals surface area contributed by atoms with E-state index in [2.05, 4.69) is 20.9 Å². The number of aromatic nitrogens is 2. The van der Waals surface area contributed by atoms with Crippen molar-refractivity contribution in [3.8, 4) is 0 Å². The molecule has 0 amide bonds. The smallest absolute Gasteiger partial charge is 0.354 e. The molecule has 1 N–H and O–H groups in total. The third-order valence-electron chi connectivity index (χ3n) is 2.50. The second-order valence-corrected chi connectivity index (χ2v) is 5.86. The summed E-state index contributed by atoms with van der Waals surface area (Å²) in [7, 11) is 0. The molecule has 0 saturated heterocycles. The number of nitrogens with zero attached hydrogens (tertiary/aromatic N) is 2. The Hall–Kier alpha value is -1.36. The highest BCUT2D eigenvalue weighted by Crippen LogP contribution is 2.27. The number of rotatable bonds is 1. The molecule has 4 nitrogen and oxygen atoms in total. The lowest BCUT2D eigenvalue weighted by atomic mass is 9.91. The van der Waals surface area contributed by atoms with Crippen LogP contribution in [-0.2, 0) is 5.41 Å². The van der Waals surface area contributed by atoms with Gasteiger partial charge in [0.25, 0.3) is 0 Å². The van der Waals surface area contributed by atoms with E-state index in [0.29, 0.717) is 11.3 Å². The molecule has 0 spiro atoms. The standard InChI is InChI=1S/C12H13BrN2O2/c1-12(2,3)10-9(11(16)17)15-6-7(13)4-5-8(15)14-10/h4-6H,1-3H3,(H,16,17). The van der Waals surface area contributed by atoms with Gasteiger partial charge in [-0.1, -0.05) is 20.8 Å². The molecule has 2 aromatic rings. The van der Waals surface area contributed by atoms with Gasteiger partial charge in [0.1, 0.15) is 5.65 Å². The number of hydrogen-bond acceptors (Lipinski definition) is 2. The molecule has 2 heterocycles. The van der Waals surface area contributed by atoms with Crippen molar-refractivity contribution in [2.45, 2.75) is 26.2 Å². The number of imidazole rings is 1. The molecule has 0 unspecified atom stereocenters. The van der Waals surface area contributed by atoms with Crippen molar-refractivity contribution in [2.75, 3.05) is 0 Å². The van der Waals surface area contributed by atoms with Crippen LogP contribution < -0.4 is 0 Å². The maximum absolute atomic E-state index is 11.4. The number of pyridine rings is 1. The highest BCUT2D eigenvalue weighted by molar-refractivity contribution is 9.10. The molecule has 0 bridgehead atoms. The average Bonchev–Trinajstić information content (AvgIpc) is 2.55. The Balaban J connectivity index is 2.86. The Bertz CT molecular complexity index is 596. The van der Waals surface area contributed by atoms with E-state index in [9.17, 15) is 9.90 Å². The number of aromatic carboxylic acids is 1. The van der Waals surface area contributed by atoms with E-state index in [-0.39, 0.29) is 11.1 Å². The van der Waals surface area contributed by atoms with Crippen LogP contribution in [0.5, 0.6) is 0 Å². The monoisotopic (exact) mass is 296 g/mol. The van der Waals surface area contributed by atoms with Crippen LogP contribution in [0.3, 0.4) is 0 Å². The molecule has 0 saturated carbocycles. The summed E-state index contributed by atoms with van der Waals surface area (Å²) >= 11 is 3.33. The van der Waals surface area contributed by atoms with Crippen molar-refractivity contribution < 1.29 is 9.90 Å². The summed E-state index contributed by atoms with van der Waals surface area (Å²) in [4.78, 5) is 15.8. The zero-order chi connectivity index (χ0) is 12.8. The molecule has 2 aromatic heterocycles. The van der Waals surface area contributed by atoms with Gasteiger partial charge in [-0.3, -0.25) is 4.40 Å². The highest BCUT2D eigenvalue weighted by Gasteiger charge is 2.27. The molecule has 0 aliphatic rings. The van der Waals surface area contributed by atoms with E-state index < -0.39 is 5.97 Å². The molecule has 0 aliphatic carbocycles. The summed E-state index contributed by atoms with van der Waals surface area (Å²) in [6.45, 7) is 5.86. The van der Waals surface area contributed by atoms with Crippen LogP contribution in [0, 0.1) is 0 Å². The fraction of sp³-hybridized carbons (Fsp3) is 0.333. The fourth-order valence-electron chi connectivity index (χ4n) is 1.75. The number of carbonyl (C=O) groups is 1. The van der Waals surface area contributed by atoms with Gasteiger partial charge in [0.15, 0.2) is 5.69 Å². The van der Waals surface area contributed by atoms with Crippen LogP contribution in [0.1, 0.15) is 37.0 Å². The second-order valence-electron chi connectivity index (χ2n) is 4.94. The van der Waals surface area contributed by atoms with Crippen LogP contribution in [0.15, 0.2) is 22.8 Å². The van der Waals surface area contributed by atoms with E-state index in [1.54, 1.807) is 16.7 Å². The molecule has 0 atom stereocenters. The molecule has 5 heteroatoms. The number of halogens is 1. The Morgan fingerprint density at radius 2 is 2.06 bits per heavy atom. The van der Waals surface area contributed by atoms with Crippen molar-refractivity contribution in [1.29, 1.82) is 0 Å². The van der Waals surface area contributed by atoms with E-state index in [4.69, 9.17) is 0 Å². The molecular formula is C12H13BrN2O2. The Morgan fingerprint density at radius 1 is 1.41 bits per heavy atom. The Kier molecular flexibility index (Phi) is 2.73. The van der Waals surface area contributed by atoms with Crippen LogP contribution in [0.2, 0.25) is 0 Å². The fourth-order valence-corrected chi connectivity index (χ4v) is 2.08. The third kappa shape index (κ3) is 2.07. The first-order valence-electron chi connectivity index (χ1n) is 5.22. The maximum Gasteiger partial charge on any atom is 0.354 e. The third-order valence-corrected chi connectivity index (χ3v) is 2.96. The van der Waals surface area contributed by atoms with Gasteiger partial charge in [-0.2, -0.15) is 0 Å². The Morgan fingerprint density at radius 3 is 2.59 bits per heavy atom. The van der Waals surface area contributed by atoms with Gasteiger partial charge in [-0.15, -0.1) is 0 Å². The summed E-state index contributed by atoms with van der Waals surface area (Å²) in [6, 6.07) is 3.65. The van der Waals surface area contributed by atoms with Crippen LogP contribution in [0.4, 0.5) is 0 Å². The van der Waals surface area contributed by atoms with Gasteiger partial charge in [0.2, 0.25) is 0 Å². The van der Waals surface area contributed by atoms with Gasteiger partial charge < -0.3 is 5.11 Å². The van der Waals surface area contributed by atoms with E-state index in [1.165, 1.54) is 0 Å². The summed E-state index contributed by atoms with van der Waals surface area (Å²) in [6.07, 6.45) is 1.72. The molecule has 0 aromatic carbocycles.